The molecule has 2 saturated heterocycles. The third-order valence-corrected chi connectivity index (χ3v) is 7.58. The van der Waals surface area contributed by atoms with Crippen molar-refractivity contribution in [2.45, 2.75) is 50.7 Å². The molecule has 4 rings (SSSR count). The van der Waals surface area contributed by atoms with Crippen LogP contribution in [0, 0.1) is 0 Å². The van der Waals surface area contributed by atoms with E-state index in [0.29, 0.717) is 28.6 Å². The number of hydrogen-bond donors (Lipinski definition) is 1. The number of aliphatic hydroxyl groups is 1. The summed E-state index contributed by atoms with van der Waals surface area (Å²) >= 11 is 12.1. The molecule has 2 aromatic rings. The topological polar surface area (TPSA) is 45.2 Å². The highest BCUT2D eigenvalue weighted by Crippen LogP contribution is 2.29. The Morgan fingerprint density at radius 1 is 0.794 bits per heavy atom. The van der Waals surface area contributed by atoms with Gasteiger partial charge in [-0.3, -0.25) is 9.80 Å². The quantitative estimate of drug-likeness (QED) is 0.475. The van der Waals surface area contributed by atoms with Crippen molar-refractivity contribution >= 4 is 23.2 Å². The highest BCUT2D eigenvalue weighted by molar-refractivity contribution is 6.42. The first kappa shape index (κ1) is 25.6. The lowest BCUT2D eigenvalue weighted by Crippen LogP contribution is -2.37. The van der Waals surface area contributed by atoms with Crippen molar-refractivity contribution in [2.75, 3.05) is 45.9 Å². The second-order valence-corrected chi connectivity index (χ2v) is 10.4. The Bertz CT molecular complexity index is 922. The number of rotatable bonds is 9. The number of halogens is 2. The minimum atomic E-state index is -0.847. The van der Waals surface area contributed by atoms with E-state index in [1.165, 1.54) is 37.9 Å². The number of piperidine rings is 1. The Kier molecular flexibility index (Phi) is 9.38. The Morgan fingerprint density at radius 3 is 2.41 bits per heavy atom. The summed E-state index contributed by atoms with van der Waals surface area (Å²) in [5, 5.41) is 12.1. The predicted molar refractivity (Wildman–Crippen MR) is 138 cm³/mol. The molecular formula is C27H36Cl2N2O3. The molecule has 7 heteroatoms. The van der Waals surface area contributed by atoms with E-state index < -0.39 is 5.60 Å². The molecule has 0 amide bonds. The van der Waals surface area contributed by atoms with E-state index in [0.717, 1.165) is 45.0 Å². The summed E-state index contributed by atoms with van der Waals surface area (Å²) in [7, 11) is 0. The molecule has 5 nitrogen and oxygen atoms in total. The molecule has 34 heavy (non-hydrogen) atoms. The molecule has 2 heterocycles. The number of hydrogen-bond acceptors (Lipinski definition) is 5. The Hall–Kier alpha value is -1.50. The van der Waals surface area contributed by atoms with Gasteiger partial charge in [-0.2, -0.15) is 0 Å². The Morgan fingerprint density at radius 2 is 1.59 bits per heavy atom. The fourth-order valence-corrected chi connectivity index (χ4v) is 5.08. The van der Waals surface area contributed by atoms with Crippen LogP contribution in [0.4, 0.5) is 0 Å². The number of likely N-dealkylation sites (tertiary alicyclic amines) is 2. The molecule has 2 fully saturated rings. The maximum absolute atomic E-state index is 11.1. The standard InChI is InChI=1S/C27H36Cl2N2O3/c28-25-9-8-24(19-26(25)29)34-21-27(32)10-5-14-31(15-11-27)20-22-6-4-7-23(18-22)33-17-16-30-12-2-1-3-13-30/h4,6-9,18-19,32H,1-3,5,10-17,20-21H2/t27-/m1/s1. The average molecular weight is 508 g/mol. The van der Waals surface area contributed by atoms with Crippen LogP contribution in [0.5, 0.6) is 11.5 Å². The summed E-state index contributed by atoms with van der Waals surface area (Å²) in [4.78, 5) is 4.90. The van der Waals surface area contributed by atoms with Gasteiger partial charge in [-0.05, 0) is 81.6 Å². The van der Waals surface area contributed by atoms with Gasteiger partial charge in [-0.25, -0.2) is 0 Å². The fourth-order valence-electron chi connectivity index (χ4n) is 4.79. The number of ether oxygens (including phenoxy) is 2. The van der Waals surface area contributed by atoms with Gasteiger partial charge in [-0.1, -0.05) is 41.8 Å². The van der Waals surface area contributed by atoms with Crippen molar-refractivity contribution in [2.24, 2.45) is 0 Å². The smallest absolute Gasteiger partial charge is 0.121 e. The molecule has 0 bridgehead atoms. The SMILES string of the molecule is O[C@]1(COc2ccc(Cl)c(Cl)c2)CCCN(Cc2cccc(OCCN3CCCCC3)c2)CC1. The molecule has 2 aliphatic heterocycles. The lowest BCUT2D eigenvalue weighted by molar-refractivity contribution is -0.0168. The monoisotopic (exact) mass is 506 g/mol. The third kappa shape index (κ3) is 7.76. The van der Waals surface area contributed by atoms with Crippen LogP contribution in [0.15, 0.2) is 42.5 Å². The van der Waals surface area contributed by atoms with Crippen LogP contribution in [-0.4, -0.2) is 66.4 Å². The van der Waals surface area contributed by atoms with E-state index in [1.807, 2.05) is 6.07 Å². The average Bonchev–Trinajstić information content (AvgIpc) is 3.02. The molecule has 0 radical (unpaired) electrons. The summed E-state index contributed by atoms with van der Waals surface area (Å²) < 4.78 is 11.9. The number of nitrogens with zero attached hydrogens (tertiary/aromatic N) is 2. The van der Waals surface area contributed by atoms with E-state index >= 15 is 0 Å². The minimum Gasteiger partial charge on any atom is -0.492 e. The Balaban J connectivity index is 1.23. The molecule has 186 valence electrons. The summed E-state index contributed by atoms with van der Waals surface area (Å²) in [5.74, 6) is 1.57. The normalized spacial score (nSPS) is 22.3. The van der Waals surface area contributed by atoms with E-state index in [4.69, 9.17) is 32.7 Å². The summed E-state index contributed by atoms with van der Waals surface area (Å²) in [5.41, 5.74) is 0.397. The van der Waals surface area contributed by atoms with Gasteiger partial charge in [-0.15, -0.1) is 0 Å². The Labute approximate surface area is 213 Å². The summed E-state index contributed by atoms with van der Waals surface area (Å²) in [6.45, 7) is 7.01. The van der Waals surface area contributed by atoms with E-state index in [1.54, 1.807) is 18.2 Å². The molecular weight excluding hydrogens is 471 g/mol. The molecule has 2 aromatic carbocycles. The third-order valence-electron chi connectivity index (χ3n) is 6.84. The van der Waals surface area contributed by atoms with Crippen molar-refractivity contribution in [3.8, 4) is 11.5 Å². The van der Waals surface area contributed by atoms with Crippen LogP contribution in [0.3, 0.4) is 0 Å². The molecule has 2 aliphatic rings. The lowest BCUT2D eigenvalue weighted by Gasteiger charge is -2.27. The van der Waals surface area contributed by atoms with Crippen LogP contribution in [0.2, 0.25) is 10.0 Å². The van der Waals surface area contributed by atoms with Crippen LogP contribution in [-0.2, 0) is 6.54 Å². The van der Waals surface area contributed by atoms with Crippen molar-refractivity contribution in [3.63, 3.8) is 0 Å². The van der Waals surface area contributed by atoms with E-state index in [-0.39, 0.29) is 6.61 Å². The molecule has 0 unspecified atom stereocenters. The van der Waals surface area contributed by atoms with Crippen LogP contribution >= 0.6 is 23.2 Å². The molecule has 0 spiro atoms. The van der Waals surface area contributed by atoms with Gasteiger partial charge >= 0.3 is 0 Å². The molecule has 1 atom stereocenters. The van der Waals surface area contributed by atoms with Crippen molar-refractivity contribution in [1.82, 2.24) is 9.80 Å². The molecule has 1 N–H and O–H groups in total. The van der Waals surface area contributed by atoms with Crippen molar-refractivity contribution in [3.05, 3.63) is 58.1 Å². The lowest BCUT2D eigenvalue weighted by atomic mass is 9.96. The van der Waals surface area contributed by atoms with Gasteiger partial charge in [0, 0.05) is 25.7 Å². The van der Waals surface area contributed by atoms with E-state index in [9.17, 15) is 5.11 Å². The zero-order chi connectivity index (χ0) is 23.8. The highest BCUT2D eigenvalue weighted by Gasteiger charge is 2.31. The van der Waals surface area contributed by atoms with Gasteiger partial charge in [0.25, 0.3) is 0 Å². The second kappa shape index (κ2) is 12.5. The second-order valence-electron chi connectivity index (χ2n) is 9.62. The van der Waals surface area contributed by atoms with Gasteiger partial charge in [0.15, 0.2) is 0 Å². The highest BCUT2D eigenvalue weighted by atomic mass is 35.5. The minimum absolute atomic E-state index is 0.249. The van der Waals surface area contributed by atoms with Gasteiger partial charge in [0.2, 0.25) is 0 Å². The maximum Gasteiger partial charge on any atom is 0.121 e. The largest absolute Gasteiger partial charge is 0.492 e. The zero-order valence-electron chi connectivity index (χ0n) is 19.9. The first-order valence-corrected chi connectivity index (χ1v) is 13.2. The molecule has 0 aromatic heterocycles. The predicted octanol–water partition coefficient (Wildman–Crippen LogP) is 5.65. The zero-order valence-corrected chi connectivity index (χ0v) is 21.4. The number of benzene rings is 2. The molecule has 0 saturated carbocycles. The van der Waals surface area contributed by atoms with E-state index in [2.05, 4.69) is 28.0 Å². The van der Waals surface area contributed by atoms with Crippen molar-refractivity contribution in [1.29, 1.82) is 0 Å². The first-order valence-electron chi connectivity index (χ1n) is 12.5. The van der Waals surface area contributed by atoms with Crippen LogP contribution in [0.1, 0.15) is 44.1 Å². The van der Waals surface area contributed by atoms with Gasteiger partial charge < -0.3 is 14.6 Å². The summed E-state index contributed by atoms with van der Waals surface area (Å²) in [6, 6.07) is 13.6. The van der Waals surface area contributed by atoms with Gasteiger partial charge in [0.05, 0.1) is 15.6 Å². The maximum atomic E-state index is 11.1. The molecule has 0 aliphatic carbocycles. The summed E-state index contributed by atoms with van der Waals surface area (Å²) in [6.07, 6.45) is 6.28. The van der Waals surface area contributed by atoms with Crippen LogP contribution < -0.4 is 9.47 Å². The van der Waals surface area contributed by atoms with Crippen LogP contribution in [0.25, 0.3) is 0 Å². The van der Waals surface area contributed by atoms with Crippen molar-refractivity contribution < 1.29 is 14.6 Å². The van der Waals surface area contributed by atoms with Gasteiger partial charge in [0.1, 0.15) is 24.7 Å². The first-order chi connectivity index (χ1) is 16.5. The fraction of sp³-hybridized carbons (Fsp3) is 0.556.